The van der Waals surface area contributed by atoms with E-state index in [0.717, 1.165) is 6.42 Å². The van der Waals surface area contributed by atoms with Gasteiger partial charge in [0.1, 0.15) is 0 Å². The van der Waals surface area contributed by atoms with E-state index in [-0.39, 0.29) is 6.10 Å². The quantitative estimate of drug-likeness (QED) is 0.548. The summed E-state index contributed by atoms with van der Waals surface area (Å²) in [7, 11) is 0. The highest BCUT2D eigenvalue weighted by Crippen LogP contribution is 1.86. The average Bonchev–Trinajstić information content (AvgIpc) is 1.66. The Labute approximate surface area is 50.3 Å². The van der Waals surface area contributed by atoms with Crippen LogP contribution in [0.5, 0.6) is 0 Å². The Morgan fingerprint density at radius 3 is 2.75 bits per heavy atom. The molecule has 0 amide bonds. The van der Waals surface area contributed by atoms with Crippen LogP contribution in [0.2, 0.25) is 0 Å². The number of rotatable bonds is 3. The Bertz CT molecular complexity index is 82.4. The van der Waals surface area contributed by atoms with Crippen molar-refractivity contribution in [1.82, 2.24) is 0 Å². The number of hydrogen-bond acceptors (Lipinski definition) is 1. The van der Waals surface area contributed by atoms with Crippen LogP contribution in [0.25, 0.3) is 0 Å². The van der Waals surface area contributed by atoms with Gasteiger partial charge < -0.3 is 5.11 Å². The summed E-state index contributed by atoms with van der Waals surface area (Å²) in [6.07, 6.45) is 5.93. The lowest BCUT2D eigenvalue weighted by molar-refractivity contribution is 0.244. The molecule has 0 fully saturated rings. The van der Waals surface area contributed by atoms with E-state index >= 15 is 0 Å². The fraction of sp³-hybridized carbons (Fsp3) is 0.429. The molecule has 0 aliphatic heterocycles. The first-order valence-corrected chi connectivity index (χ1v) is 2.73. The van der Waals surface area contributed by atoms with Gasteiger partial charge in [-0.25, -0.2) is 0 Å². The fourth-order valence-electron chi connectivity index (χ4n) is 0.372. The third-order valence-electron chi connectivity index (χ3n) is 0.717. The monoisotopic (exact) mass is 112 g/mol. The lowest BCUT2D eigenvalue weighted by atomic mass is 10.3. The van der Waals surface area contributed by atoms with E-state index in [1.807, 2.05) is 6.08 Å². The van der Waals surface area contributed by atoms with Gasteiger partial charge in [0.15, 0.2) is 0 Å². The molecule has 0 heterocycles. The number of aliphatic hydroxyl groups excluding tert-OH is 1. The first-order valence-electron chi connectivity index (χ1n) is 2.73. The lowest BCUT2D eigenvalue weighted by Gasteiger charge is -1.89. The van der Waals surface area contributed by atoms with E-state index in [4.69, 9.17) is 5.11 Å². The Morgan fingerprint density at radius 2 is 2.38 bits per heavy atom. The molecule has 1 N–H and O–H groups in total. The van der Waals surface area contributed by atoms with E-state index < -0.39 is 0 Å². The predicted octanol–water partition coefficient (Wildman–Crippen LogP) is 1.50. The molecule has 1 heteroatoms. The maximum Gasteiger partial charge on any atom is 0.0692 e. The summed E-state index contributed by atoms with van der Waals surface area (Å²) in [5.74, 6) is 0. The van der Waals surface area contributed by atoms with E-state index in [1.54, 1.807) is 19.1 Å². The van der Waals surface area contributed by atoms with Gasteiger partial charge in [0.25, 0.3) is 0 Å². The minimum Gasteiger partial charge on any atom is -0.389 e. The van der Waals surface area contributed by atoms with Gasteiger partial charge >= 0.3 is 0 Å². The van der Waals surface area contributed by atoms with Crippen molar-refractivity contribution in [2.24, 2.45) is 0 Å². The Morgan fingerprint density at radius 1 is 1.75 bits per heavy atom. The van der Waals surface area contributed by atoms with Crippen LogP contribution in [0.3, 0.4) is 0 Å². The smallest absolute Gasteiger partial charge is 0.0692 e. The van der Waals surface area contributed by atoms with Gasteiger partial charge in [-0.1, -0.05) is 18.2 Å². The van der Waals surface area contributed by atoms with Crippen LogP contribution in [0.1, 0.15) is 13.3 Å². The van der Waals surface area contributed by atoms with E-state index in [1.165, 1.54) is 0 Å². The second-order valence-corrected chi connectivity index (χ2v) is 1.69. The van der Waals surface area contributed by atoms with Gasteiger partial charge in [0.2, 0.25) is 0 Å². The number of hydrogen-bond donors (Lipinski definition) is 1. The summed E-state index contributed by atoms with van der Waals surface area (Å²) in [6.45, 7) is 5.25. The molecular formula is C7H12O. The lowest BCUT2D eigenvalue weighted by Crippen LogP contribution is -1.90. The highest BCUT2D eigenvalue weighted by molar-refractivity contribution is 4.91. The molecule has 8 heavy (non-hydrogen) atoms. The summed E-state index contributed by atoms with van der Waals surface area (Å²) in [4.78, 5) is 0. The zero-order valence-corrected chi connectivity index (χ0v) is 5.17. The first kappa shape index (κ1) is 7.44. The third-order valence-corrected chi connectivity index (χ3v) is 0.717. The molecule has 46 valence electrons. The Hall–Kier alpha value is -0.560. The molecule has 0 rings (SSSR count). The zero-order chi connectivity index (χ0) is 6.41. The maximum atomic E-state index is 8.66. The van der Waals surface area contributed by atoms with Crippen LogP contribution in [0, 0.1) is 0 Å². The molecular weight excluding hydrogens is 100 g/mol. The van der Waals surface area contributed by atoms with Gasteiger partial charge in [0, 0.05) is 0 Å². The van der Waals surface area contributed by atoms with Crippen molar-refractivity contribution in [3.05, 3.63) is 24.8 Å². The molecule has 0 aromatic carbocycles. The van der Waals surface area contributed by atoms with E-state index in [2.05, 4.69) is 6.58 Å². The minimum absolute atomic E-state index is 0.324. The standard InChI is InChI=1S/C7H12O/c1-3-4-5-6-7(2)8/h3,5-8H,1,4H2,2H3/t7-/m0/s1. The molecule has 0 aromatic heterocycles. The van der Waals surface area contributed by atoms with Gasteiger partial charge in [-0.15, -0.1) is 6.58 Å². The molecule has 0 spiro atoms. The highest BCUT2D eigenvalue weighted by atomic mass is 16.3. The maximum absolute atomic E-state index is 8.66. The molecule has 0 bridgehead atoms. The Kier molecular flexibility index (Phi) is 4.27. The third kappa shape index (κ3) is 5.44. The zero-order valence-electron chi connectivity index (χ0n) is 5.17. The second kappa shape index (κ2) is 4.60. The van der Waals surface area contributed by atoms with Gasteiger partial charge in [-0.3, -0.25) is 0 Å². The summed E-state index contributed by atoms with van der Waals surface area (Å²) in [5.41, 5.74) is 0. The topological polar surface area (TPSA) is 20.2 Å². The van der Waals surface area contributed by atoms with Crippen LogP contribution >= 0.6 is 0 Å². The normalized spacial score (nSPS) is 14.2. The molecule has 1 nitrogen and oxygen atoms in total. The van der Waals surface area contributed by atoms with Crippen molar-refractivity contribution >= 4 is 0 Å². The number of allylic oxidation sites excluding steroid dienone is 2. The molecule has 0 aliphatic rings. The van der Waals surface area contributed by atoms with E-state index in [0.29, 0.717) is 0 Å². The highest BCUT2D eigenvalue weighted by Gasteiger charge is 1.80. The molecule has 0 radical (unpaired) electrons. The van der Waals surface area contributed by atoms with Crippen LogP contribution in [0.4, 0.5) is 0 Å². The number of aliphatic hydroxyl groups is 1. The summed E-state index contributed by atoms with van der Waals surface area (Å²) >= 11 is 0. The minimum atomic E-state index is -0.324. The fourth-order valence-corrected chi connectivity index (χ4v) is 0.372. The summed E-state index contributed by atoms with van der Waals surface area (Å²) in [5, 5.41) is 8.66. The molecule has 0 saturated heterocycles. The predicted molar refractivity (Wildman–Crippen MR) is 35.6 cm³/mol. The largest absolute Gasteiger partial charge is 0.389 e. The average molecular weight is 112 g/mol. The van der Waals surface area contributed by atoms with Crippen molar-refractivity contribution in [1.29, 1.82) is 0 Å². The molecule has 0 unspecified atom stereocenters. The molecule has 0 aliphatic carbocycles. The summed E-state index contributed by atoms with van der Waals surface area (Å²) < 4.78 is 0. The SMILES string of the molecule is C=CCC=C[C@H](C)O. The van der Waals surface area contributed by atoms with Gasteiger partial charge in [-0.2, -0.15) is 0 Å². The van der Waals surface area contributed by atoms with Gasteiger partial charge in [0.05, 0.1) is 6.10 Å². The van der Waals surface area contributed by atoms with Gasteiger partial charge in [-0.05, 0) is 13.3 Å². The van der Waals surface area contributed by atoms with Crippen molar-refractivity contribution in [3.63, 3.8) is 0 Å². The van der Waals surface area contributed by atoms with Crippen LogP contribution in [0.15, 0.2) is 24.8 Å². The van der Waals surface area contributed by atoms with Crippen molar-refractivity contribution in [2.75, 3.05) is 0 Å². The molecule has 1 atom stereocenters. The van der Waals surface area contributed by atoms with Crippen molar-refractivity contribution in [3.8, 4) is 0 Å². The van der Waals surface area contributed by atoms with Crippen LogP contribution in [-0.2, 0) is 0 Å². The van der Waals surface area contributed by atoms with Crippen molar-refractivity contribution in [2.45, 2.75) is 19.4 Å². The summed E-state index contributed by atoms with van der Waals surface area (Å²) in [6, 6.07) is 0. The first-order chi connectivity index (χ1) is 3.77. The Balaban J connectivity index is 3.19. The van der Waals surface area contributed by atoms with Crippen LogP contribution < -0.4 is 0 Å². The molecule has 0 aromatic rings. The van der Waals surface area contributed by atoms with Crippen molar-refractivity contribution < 1.29 is 5.11 Å². The van der Waals surface area contributed by atoms with E-state index in [9.17, 15) is 0 Å². The molecule has 0 saturated carbocycles. The van der Waals surface area contributed by atoms with Crippen LogP contribution in [-0.4, -0.2) is 11.2 Å². The second-order valence-electron chi connectivity index (χ2n) is 1.69.